The van der Waals surface area contributed by atoms with Crippen molar-refractivity contribution in [1.82, 2.24) is 14.7 Å². The lowest BCUT2D eigenvalue weighted by atomic mass is 10.1. The predicted molar refractivity (Wildman–Crippen MR) is 124 cm³/mol. The molecule has 0 saturated carbocycles. The molecule has 1 fully saturated rings. The largest absolute Gasteiger partial charge is 0.378 e. The van der Waals surface area contributed by atoms with Crippen LogP contribution in [0.3, 0.4) is 0 Å². The molecule has 1 aliphatic heterocycles. The Hall–Kier alpha value is -3.71. The van der Waals surface area contributed by atoms with Gasteiger partial charge in [0.2, 0.25) is 5.91 Å². The van der Waals surface area contributed by atoms with Gasteiger partial charge < -0.3 is 15.0 Å². The number of para-hydroxylation sites is 1. The van der Waals surface area contributed by atoms with Gasteiger partial charge in [-0.1, -0.05) is 18.2 Å². The number of benzene rings is 2. The smallest absolute Gasteiger partial charge is 0.254 e. The number of ether oxygens (including phenoxy) is 1. The summed E-state index contributed by atoms with van der Waals surface area (Å²) in [5.74, 6) is -0.268. The highest BCUT2D eigenvalue weighted by Crippen LogP contribution is 2.19. The number of hydrogen-bond donors (Lipinski definition) is 1. The molecule has 3 aromatic rings. The first-order valence-electron chi connectivity index (χ1n) is 10.6. The van der Waals surface area contributed by atoms with E-state index in [4.69, 9.17) is 4.74 Å². The van der Waals surface area contributed by atoms with Gasteiger partial charge in [0, 0.05) is 41.7 Å². The Labute approximate surface area is 187 Å². The monoisotopic (exact) mass is 430 g/mol. The van der Waals surface area contributed by atoms with E-state index in [0.717, 1.165) is 22.6 Å². The number of carbonyl (C=O) groups is 2. The molecule has 164 valence electrons. The lowest BCUT2D eigenvalue weighted by molar-refractivity contribution is -0.111. The highest BCUT2D eigenvalue weighted by atomic mass is 16.5. The van der Waals surface area contributed by atoms with Crippen molar-refractivity contribution in [2.75, 3.05) is 31.6 Å². The molecule has 0 spiro atoms. The maximum absolute atomic E-state index is 12.5. The van der Waals surface area contributed by atoms with Gasteiger partial charge in [0.15, 0.2) is 0 Å². The molecule has 2 aromatic carbocycles. The van der Waals surface area contributed by atoms with Crippen molar-refractivity contribution < 1.29 is 14.3 Å². The predicted octanol–water partition coefficient (Wildman–Crippen LogP) is 3.61. The number of morpholine rings is 1. The van der Waals surface area contributed by atoms with Gasteiger partial charge in [-0.3, -0.25) is 9.59 Å². The molecule has 2 amide bonds. The number of amides is 2. The topological polar surface area (TPSA) is 76.5 Å². The van der Waals surface area contributed by atoms with Gasteiger partial charge in [-0.25, -0.2) is 4.68 Å². The molecule has 7 heteroatoms. The van der Waals surface area contributed by atoms with Gasteiger partial charge in [-0.05, 0) is 56.3 Å². The highest BCUT2D eigenvalue weighted by Gasteiger charge is 2.18. The number of aryl methyl sites for hydroxylation is 1. The van der Waals surface area contributed by atoms with Crippen molar-refractivity contribution in [3.63, 3.8) is 0 Å². The maximum Gasteiger partial charge on any atom is 0.254 e. The molecule has 7 nitrogen and oxygen atoms in total. The standard InChI is InChI=1S/C25H26N4O3/c1-18-23(19(2)29(27-18)22-6-4-3-5-7-22)12-13-24(30)26-21-10-8-20(9-11-21)25(31)28-14-16-32-17-15-28/h3-13H,14-17H2,1-2H3,(H,26,30)/b13-12+. The quantitative estimate of drug-likeness (QED) is 0.628. The minimum atomic E-state index is -0.247. The molecule has 2 heterocycles. The minimum absolute atomic E-state index is 0.0209. The molecule has 0 radical (unpaired) electrons. The summed E-state index contributed by atoms with van der Waals surface area (Å²) in [6.45, 7) is 6.23. The Bertz CT molecular complexity index is 1130. The number of aromatic nitrogens is 2. The van der Waals surface area contributed by atoms with Crippen LogP contribution >= 0.6 is 0 Å². The SMILES string of the molecule is Cc1nn(-c2ccccc2)c(C)c1/C=C/C(=O)Nc1ccc(C(=O)N2CCOCC2)cc1. The van der Waals surface area contributed by atoms with E-state index in [1.54, 1.807) is 35.2 Å². The van der Waals surface area contributed by atoms with Crippen LogP contribution in [0.25, 0.3) is 11.8 Å². The molecule has 1 aliphatic rings. The molecular formula is C25H26N4O3. The van der Waals surface area contributed by atoms with Crippen molar-refractivity contribution in [3.8, 4) is 5.69 Å². The summed E-state index contributed by atoms with van der Waals surface area (Å²) in [5, 5.41) is 7.43. The van der Waals surface area contributed by atoms with Gasteiger partial charge in [-0.15, -0.1) is 0 Å². The van der Waals surface area contributed by atoms with Crippen LogP contribution in [0.2, 0.25) is 0 Å². The molecule has 1 aromatic heterocycles. The fourth-order valence-electron chi connectivity index (χ4n) is 3.70. The second kappa shape index (κ2) is 9.62. The van der Waals surface area contributed by atoms with Crippen LogP contribution in [-0.4, -0.2) is 52.8 Å². The first-order chi connectivity index (χ1) is 15.5. The molecule has 0 bridgehead atoms. The number of nitrogens with zero attached hydrogens (tertiary/aromatic N) is 3. The zero-order chi connectivity index (χ0) is 22.5. The second-order valence-electron chi connectivity index (χ2n) is 7.64. The van der Waals surface area contributed by atoms with Gasteiger partial charge in [-0.2, -0.15) is 5.10 Å². The Balaban J connectivity index is 1.41. The summed E-state index contributed by atoms with van der Waals surface area (Å²) in [6.07, 6.45) is 3.28. The number of rotatable bonds is 5. The minimum Gasteiger partial charge on any atom is -0.378 e. The summed E-state index contributed by atoms with van der Waals surface area (Å²) >= 11 is 0. The van der Waals surface area contributed by atoms with E-state index in [2.05, 4.69) is 10.4 Å². The van der Waals surface area contributed by atoms with Crippen LogP contribution in [0, 0.1) is 13.8 Å². The highest BCUT2D eigenvalue weighted by molar-refractivity contribution is 6.02. The molecule has 0 aliphatic carbocycles. The van der Waals surface area contributed by atoms with Crippen LogP contribution in [0.5, 0.6) is 0 Å². The molecule has 32 heavy (non-hydrogen) atoms. The lowest BCUT2D eigenvalue weighted by Crippen LogP contribution is -2.40. The average molecular weight is 431 g/mol. The Morgan fingerprint density at radius 2 is 1.69 bits per heavy atom. The first kappa shape index (κ1) is 21.5. The molecule has 1 saturated heterocycles. The van der Waals surface area contributed by atoms with E-state index in [0.29, 0.717) is 37.6 Å². The fourth-order valence-corrected chi connectivity index (χ4v) is 3.70. The Morgan fingerprint density at radius 3 is 2.38 bits per heavy atom. The Kier molecular flexibility index (Phi) is 6.47. The zero-order valence-corrected chi connectivity index (χ0v) is 18.2. The number of nitrogens with one attached hydrogen (secondary N) is 1. The number of hydrogen-bond acceptors (Lipinski definition) is 4. The van der Waals surface area contributed by atoms with E-state index in [9.17, 15) is 9.59 Å². The normalized spacial score (nSPS) is 14.0. The van der Waals surface area contributed by atoms with Crippen molar-refractivity contribution in [2.45, 2.75) is 13.8 Å². The molecule has 4 rings (SSSR count). The van der Waals surface area contributed by atoms with Crippen LogP contribution in [0.1, 0.15) is 27.3 Å². The van der Waals surface area contributed by atoms with Crippen molar-refractivity contribution in [2.24, 2.45) is 0 Å². The van der Waals surface area contributed by atoms with Crippen LogP contribution in [-0.2, 0) is 9.53 Å². The molecule has 1 N–H and O–H groups in total. The van der Waals surface area contributed by atoms with Crippen molar-refractivity contribution in [3.05, 3.63) is 83.2 Å². The summed E-state index contributed by atoms with van der Waals surface area (Å²) in [4.78, 5) is 26.7. The van der Waals surface area contributed by atoms with Gasteiger partial charge in [0.25, 0.3) is 5.91 Å². The van der Waals surface area contributed by atoms with Crippen molar-refractivity contribution >= 4 is 23.6 Å². The van der Waals surface area contributed by atoms with Crippen LogP contribution < -0.4 is 5.32 Å². The van der Waals surface area contributed by atoms with E-state index >= 15 is 0 Å². The number of carbonyl (C=O) groups excluding carboxylic acids is 2. The third-order valence-electron chi connectivity index (χ3n) is 5.45. The summed E-state index contributed by atoms with van der Waals surface area (Å²) in [7, 11) is 0. The Morgan fingerprint density at radius 1 is 1.00 bits per heavy atom. The van der Waals surface area contributed by atoms with E-state index < -0.39 is 0 Å². The summed E-state index contributed by atoms with van der Waals surface area (Å²) in [5.41, 5.74) is 4.93. The third-order valence-corrected chi connectivity index (χ3v) is 5.45. The number of anilines is 1. The molecule has 0 unspecified atom stereocenters. The van der Waals surface area contributed by atoms with Gasteiger partial charge in [0.05, 0.1) is 24.6 Å². The van der Waals surface area contributed by atoms with Crippen LogP contribution in [0.15, 0.2) is 60.7 Å². The van der Waals surface area contributed by atoms with E-state index in [1.165, 1.54) is 6.08 Å². The fraction of sp³-hybridized carbons (Fsp3) is 0.240. The molecule has 0 atom stereocenters. The third kappa shape index (κ3) is 4.78. The average Bonchev–Trinajstić information content (AvgIpc) is 3.12. The van der Waals surface area contributed by atoms with Gasteiger partial charge in [0.1, 0.15) is 0 Å². The van der Waals surface area contributed by atoms with E-state index in [1.807, 2.05) is 48.9 Å². The van der Waals surface area contributed by atoms with E-state index in [-0.39, 0.29) is 11.8 Å². The zero-order valence-electron chi connectivity index (χ0n) is 18.2. The lowest BCUT2D eigenvalue weighted by Gasteiger charge is -2.26. The van der Waals surface area contributed by atoms with Crippen LogP contribution in [0.4, 0.5) is 5.69 Å². The van der Waals surface area contributed by atoms with Gasteiger partial charge >= 0.3 is 0 Å². The van der Waals surface area contributed by atoms with Crippen molar-refractivity contribution in [1.29, 1.82) is 0 Å². The maximum atomic E-state index is 12.5. The summed E-state index contributed by atoms with van der Waals surface area (Å²) in [6, 6.07) is 16.8. The summed E-state index contributed by atoms with van der Waals surface area (Å²) < 4.78 is 7.16. The first-order valence-corrected chi connectivity index (χ1v) is 10.6. The second-order valence-corrected chi connectivity index (χ2v) is 7.64. The molecular weight excluding hydrogens is 404 g/mol.